The van der Waals surface area contributed by atoms with Crippen molar-refractivity contribution in [3.63, 3.8) is 0 Å². The molecular formula is C23H19FN4O2. The van der Waals surface area contributed by atoms with Gasteiger partial charge < -0.3 is 9.64 Å². The number of nitrogens with zero attached hydrogens (tertiary/aromatic N) is 4. The molecule has 0 spiro atoms. The van der Waals surface area contributed by atoms with E-state index in [4.69, 9.17) is 11.6 Å². The van der Waals surface area contributed by atoms with Gasteiger partial charge in [0.05, 0.1) is 39.7 Å². The van der Waals surface area contributed by atoms with E-state index in [1.54, 1.807) is 30.3 Å². The van der Waals surface area contributed by atoms with E-state index >= 15 is 4.39 Å². The maximum atomic E-state index is 15.5. The first-order valence-corrected chi connectivity index (χ1v) is 9.15. The van der Waals surface area contributed by atoms with Gasteiger partial charge in [0.15, 0.2) is 0 Å². The zero-order valence-electron chi connectivity index (χ0n) is 20.9. The van der Waals surface area contributed by atoms with Crippen LogP contribution in [0.25, 0.3) is 22.0 Å². The summed E-state index contributed by atoms with van der Waals surface area (Å²) in [6, 6.07) is 10.9. The van der Waals surface area contributed by atoms with Crippen LogP contribution in [0.5, 0.6) is 5.75 Å². The van der Waals surface area contributed by atoms with E-state index in [2.05, 4.69) is 10.1 Å². The van der Waals surface area contributed by atoms with Crippen LogP contribution < -0.4 is 4.74 Å². The summed E-state index contributed by atoms with van der Waals surface area (Å²) >= 11 is 0. The largest absolute Gasteiger partial charge is 0.496 e. The number of carbonyl (C=O) groups is 1. The van der Waals surface area contributed by atoms with Gasteiger partial charge in [0, 0.05) is 34.4 Å². The third-order valence-corrected chi connectivity index (χ3v) is 5.08. The molecular weight excluding hydrogens is 383 g/mol. The Morgan fingerprint density at radius 3 is 2.93 bits per heavy atom. The van der Waals surface area contributed by atoms with Crippen LogP contribution in [0.1, 0.15) is 28.5 Å². The molecule has 5 rings (SSSR count). The van der Waals surface area contributed by atoms with Crippen LogP contribution in [0.15, 0.2) is 54.9 Å². The molecule has 0 radical (unpaired) electrons. The Hall–Kier alpha value is -3.74. The number of aromatic nitrogens is 3. The van der Waals surface area contributed by atoms with Crippen molar-refractivity contribution in [2.24, 2.45) is 6.98 Å². The third kappa shape index (κ3) is 2.90. The van der Waals surface area contributed by atoms with Crippen LogP contribution in [0, 0.1) is 5.82 Å². The van der Waals surface area contributed by atoms with Crippen molar-refractivity contribution in [3.05, 3.63) is 77.5 Å². The Labute approximate surface area is 179 Å². The second-order valence-corrected chi connectivity index (χ2v) is 6.85. The first-order valence-electron chi connectivity index (χ1n) is 11.7. The minimum atomic E-state index is -2.46. The minimum absolute atomic E-state index is 0.00615. The molecule has 1 aliphatic heterocycles. The van der Waals surface area contributed by atoms with Gasteiger partial charge >= 0.3 is 0 Å². The topological polar surface area (TPSA) is 60.2 Å². The van der Waals surface area contributed by atoms with Crippen molar-refractivity contribution in [3.8, 4) is 16.9 Å². The van der Waals surface area contributed by atoms with Gasteiger partial charge in [-0.2, -0.15) is 5.10 Å². The number of hydrogen-bond acceptors (Lipinski definition) is 4. The van der Waals surface area contributed by atoms with E-state index in [9.17, 15) is 4.79 Å². The molecule has 0 aliphatic carbocycles. The first kappa shape index (κ1) is 13.5. The normalized spacial score (nSPS) is 17.7. The van der Waals surface area contributed by atoms with Crippen molar-refractivity contribution in [2.75, 3.05) is 7.11 Å². The molecule has 0 atom stereocenters. The van der Waals surface area contributed by atoms with E-state index < -0.39 is 25.2 Å². The molecule has 4 aromatic rings. The lowest BCUT2D eigenvalue weighted by molar-refractivity contribution is 0.0763. The predicted molar refractivity (Wildman–Crippen MR) is 110 cm³/mol. The molecule has 0 saturated heterocycles. The van der Waals surface area contributed by atoms with E-state index in [1.165, 1.54) is 31.6 Å². The molecule has 1 amide bonds. The highest BCUT2D eigenvalue weighted by Gasteiger charge is 2.29. The monoisotopic (exact) mass is 407 g/mol. The molecule has 0 fully saturated rings. The molecule has 0 saturated carbocycles. The van der Waals surface area contributed by atoms with E-state index in [0.717, 1.165) is 9.58 Å². The SMILES string of the molecule is [2H]C1([2H])c2ncccc2C(=O)N1Cc1c(F)cc(-c2cccc3nn(C([2H])([2H])[2H])cc23)cc1OC. The number of hydrogen-bond donors (Lipinski definition) is 0. The molecule has 1 aliphatic rings. The first-order chi connectivity index (χ1) is 16.5. The van der Waals surface area contributed by atoms with E-state index in [0.29, 0.717) is 22.0 Å². The Bertz CT molecular complexity index is 1480. The number of pyridine rings is 1. The molecule has 0 unspecified atom stereocenters. The van der Waals surface area contributed by atoms with Gasteiger partial charge in [-0.3, -0.25) is 14.5 Å². The second kappa shape index (κ2) is 6.95. The number of benzene rings is 2. The smallest absolute Gasteiger partial charge is 0.256 e. The average molecular weight is 407 g/mol. The third-order valence-electron chi connectivity index (χ3n) is 5.08. The number of ether oxygens (including phenoxy) is 1. The predicted octanol–water partition coefficient (Wildman–Crippen LogP) is 3.94. The van der Waals surface area contributed by atoms with Crippen molar-refractivity contribution in [1.82, 2.24) is 19.7 Å². The van der Waals surface area contributed by atoms with Gasteiger partial charge in [-0.05, 0) is 41.5 Å². The quantitative estimate of drug-likeness (QED) is 0.514. The zero-order chi connectivity index (χ0) is 25.1. The Kier molecular flexibility index (Phi) is 3.12. The molecule has 30 heavy (non-hydrogen) atoms. The number of aryl methyl sites for hydroxylation is 1. The molecule has 2 aromatic carbocycles. The highest BCUT2D eigenvalue weighted by molar-refractivity contribution is 5.98. The Morgan fingerprint density at radius 2 is 2.13 bits per heavy atom. The summed E-state index contributed by atoms with van der Waals surface area (Å²) in [5.74, 6) is -1.18. The molecule has 6 nitrogen and oxygen atoms in total. The Balaban J connectivity index is 1.57. The summed E-state index contributed by atoms with van der Waals surface area (Å²) in [6.07, 6.45) is 2.79. The van der Waals surface area contributed by atoms with Crippen LogP contribution in [0.3, 0.4) is 0 Å². The summed E-state index contributed by atoms with van der Waals surface area (Å²) in [4.78, 5) is 17.8. The summed E-state index contributed by atoms with van der Waals surface area (Å²) in [5, 5.41) is 4.62. The summed E-state index contributed by atoms with van der Waals surface area (Å²) in [5.41, 5.74) is 1.52. The van der Waals surface area contributed by atoms with Gasteiger partial charge in [-0.15, -0.1) is 0 Å². The van der Waals surface area contributed by atoms with Gasteiger partial charge in [-0.1, -0.05) is 12.1 Å². The van der Waals surface area contributed by atoms with Crippen LogP contribution >= 0.6 is 0 Å². The molecule has 3 heterocycles. The van der Waals surface area contributed by atoms with Crippen LogP contribution in [-0.4, -0.2) is 32.7 Å². The summed E-state index contributed by atoms with van der Waals surface area (Å²) in [6.45, 7) is -5.06. The summed E-state index contributed by atoms with van der Waals surface area (Å²) < 4.78 is 61.4. The molecule has 150 valence electrons. The fourth-order valence-corrected chi connectivity index (χ4v) is 3.66. The fraction of sp³-hybridized carbons (Fsp3) is 0.174. The number of rotatable bonds is 4. The molecule has 0 N–H and O–H groups in total. The number of carbonyl (C=O) groups excluding carboxylic acids is 1. The fourth-order valence-electron chi connectivity index (χ4n) is 3.66. The standard InChI is InChI=1S/C23H19FN4O2/c1-27-11-17-15(5-3-7-20(17)26-27)14-9-19(24)18(22(10-14)30-2)12-28-13-21-16(23(28)29)6-4-8-25-21/h3-11H,12-13H2,1-2H3/i1D3,13D2. The highest BCUT2D eigenvalue weighted by Crippen LogP contribution is 2.35. The van der Waals surface area contributed by atoms with E-state index in [1.807, 2.05) is 0 Å². The zero-order valence-corrected chi connectivity index (χ0v) is 15.9. The van der Waals surface area contributed by atoms with Crippen LogP contribution in [0.4, 0.5) is 4.39 Å². The number of fused-ring (bicyclic) bond motifs is 2. The van der Waals surface area contributed by atoms with Gasteiger partial charge in [0.25, 0.3) is 5.91 Å². The molecule has 0 bridgehead atoms. The molecule has 2 aromatic heterocycles. The van der Waals surface area contributed by atoms with Crippen molar-refractivity contribution in [2.45, 2.75) is 13.0 Å². The summed E-state index contributed by atoms with van der Waals surface area (Å²) in [7, 11) is 1.35. The molecule has 7 heteroatoms. The van der Waals surface area contributed by atoms with Gasteiger partial charge in [-0.25, -0.2) is 4.39 Å². The van der Waals surface area contributed by atoms with Gasteiger partial charge in [0.1, 0.15) is 11.6 Å². The van der Waals surface area contributed by atoms with Crippen molar-refractivity contribution >= 4 is 16.8 Å². The van der Waals surface area contributed by atoms with E-state index in [-0.39, 0.29) is 29.1 Å². The number of halogens is 1. The van der Waals surface area contributed by atoms with Crippen LogP contribution in [0.2, 0.25) is 0 Å². The lowest BCUT2D eigenvalue weighted by Crippen LogP contribution is -2.24. The minimum Gasteiger partial charge on any atom is -0.496 e. The number of amides is 1. The van der Waals surface area contributed by atoms with Crippen molar-refractivity contribution in [1.29, 1.82) is 0 Å². The number of methoxy groups -OCH3 is 1. The Morgan fingerprint density at radius 1 is 1.27 bits per heavy atom. The van der Waals surface area contributed by atoms with Crippen LogP contribution in [-0.2, 0) is 20.0 Å². The lowest BCUT2D eigenvalue weighted by atomic mass is 9.99. The maximum Gasteiger partial charge on any atom is 0.256 e. The maximum absolute atomic E-state index is 15.5. The second-order valence-electron chi connectivity index (χ2n) is 6.85. The van der Waals surface area contributed by atoms with Crippen molar-refractivity contribution < 1.29 is 20.8 Å². The van der Waals surface area contributed by atoms with Gasteiger partial charge in [0.2, 0.25) is 0 Å². The lowest BCUT2D eigenvalue weighted by Gasteiger charge is -2.19. The highest BCUT2D eigenvalue weighted by atomic mass is 19.1. The average Bonchev–Trinajstić information content (AvgIpc) is 3.34.